The van der Waals surface area contributed by atoms with Crippen molar-refractivity contribution >= 4 is 5.82 Å². The van der Waals surface area contributed by atoms with Gasteiger partial charge in [0.05, 0.1) is 6.54 Å². The van der Waals surface area contributed by atoms with Gasteiger partial charge in [-0.3, -0.25) is 0 Å². The van der Waals surface area contributed by atoms with Crippen molar-refractivity contribution in [1.82, 2.24) is 15.3 Å². The first kappa shape index (κ1) is 13.5. The zero-order valence-corrected chi connectivity index (χ0v) is 11.4. The van der Waals surface area contributed by atoms with Crippen molar-refractivity contribution in [1.29, 1.82) is 0 Å². The minimum Gasteiger partial charge on any atom is -0.384 e. The topological polar surface area (TPSA) is 63.8 Å². The Hall–Kier alpha value is -1.94. The van der Waals surface area contributed by atoms with E-state index in [1.165, 1.54) is 5.56 Å². The normalized spacial score (nSPS) is 14.0. The van der Waals surface area contributed by atoms with Gasteiger partial charge < -0.3 is 11.1 Å². The Bertz CT molecular complexity index is 513. The molecule has 0 aliphatic carbocycles. The standard InChI is InChI=1S/C15H20N4/c1-11(13-6-4-3-5-7-13)12(2)18-10-15-17-9-8-14(16)19-15/h3-9,11-12,18H,10H2,1-2H3,(H2,16,17,19). The van der Waals surface area contributed by atoms with Gasteiger partial charge in [0.25, 0.3) is 0 Å². The smallest absolute Gasteiger partial charge is 0.144 e. The number of hydrogen-bond donors (Lipinski definition) is 2. The van der Waals surface area contributed by atoms with Gasteiger partial charge in [0.2, 0.25) is 0 Å². The van der Waals surface area contributed by atoms with Gasteiger partial charge >= 0.3 is 0 Å². The minimum atomic E-state index is 0.340. The highest BCUT2D eigenvalue weighted by Crippen LogP contribution is 2.18. The average molecular weight is 256 g/mol. The third-order valence-electron chi connectivity index (χ3n) is 3.38. The lowest BCUT2D eigenvalue weighted by atomic mass is 9.94. The molecule has 19 heavy (non-hydrogen) atoms. The molecule has 3 N–H and O–H groups in total. The molecule has 0 amide bonds. The van der Waals surface area contributed by atoms with Gasteiger partial charge in [-0.25, -0.2) is 9.97 Å². The van der Waals surface area contributed by atoms with Crippen molar-refractivity contribution < 1.29 is 0 Å². The van der Waals surface area contributed by atoms with Gasteiger partial charge in [-0.1, -0.05) is 37.3 Å². The Morgan fingerprint density at radius 2 is 1.89 bits per heavy atom. The summed E-state index contributed by atoms with van der Waals surface area (Å²) < 4.78 is 0. The Kier molecular flexibility index (Phi) is 4.47. The summed E-state index contributed by atoms with van der Waals surface area (Å²) in [6.45, 7) is 5.01. The molecular formula is C15H20N4. The van der Waals surface area contributed by atoms with Crippen LogP contribution >= 0.6 is 0 Å². The monoisotopic (exact) mass is 256 g/mol. The van der Waals surface area contributed by atoms with Crippen LogP contribution in [0.2, 0.25) is 0 Å². The fourth-order valence-corrected chi connectivity index (χ4v) is 1.97. The summed E-state index contributed by atoms with van der Waals surface area (Å²) in [5.74, 6) is 1.67. The Morgan fingerprint density at radius 3 is 2.58 bits per heavy atom. The first-order valence-electron chi connectivity index (χ1n) is 6.52. The highest BCUT2D eigenvalue weighted by atomic mass is 15.0. The number of anilines is 1. The summed E-state index contributed by atoms with van der Waals surface area (Å²) in [7, 11) is 0. The van der Waals surface area contributed by atoms with Gasteiger partial charge in [-0.05, 0) is 24.5 Å². The molecule has 2 unspecified atom stereocenters. The predicted octanol–water partition coefficient (Wildman–Crippen LogP) is 2.34. The first-order valence-corrected chi connectivity index (χ1v) is 6.52. The maximum Gasteiger partial charge on any atom is 0.144 e. The van der Waals surface area contributed by atoms with Crippen molar-refractivity contribution in [3.8, 4) is 0 Å². The molecule has 0 fully saturated rings. The molecule has 0 spiro atoms. The summed E-state index contributed by atoms with van der Waals surface area (Å²) in [5.41, 5.74) is 6.97. The van der Waals surface area contributed by atoms with E-state index in [9.17, 15) is 0 Å². The van der Waals surface area contributed by atoms with Crippen molar-refractivity contribution in [2.24, 2.45) is 0 Å². The summed E-state index contributed by atoms with van der Waals surface area (Å²) in [4.78, 5) is 8.37. The molecule has 0 aliphatic heterocycles. The van der Waals surface area contributed by atoms with Gasteiger partial charge in [0.15, 0.2) is 0 Å². The van der Waals surface area contributed by atoms with Gasteiger partial charge in [-0.2, -0.15) is 0 Å². The zero-order valence-electron chi connectivity index (χ0n) is 11.4. The average Bonchev–Trinajstić information content (AvgIpc) is 2.45. The third-order valence-corrected chi connectivity index (χ3v) is 3.38. The molecule has 0 aliphatic rings. The highest BCUT2D eigenvalue weighted by molar-refractivity contribution is 5.25. The van der Waals surface area contributed by atoms with Crippen LogP contribution in [0.5, 0.6) is 0 Å². The second-order valence-electron chi connectivity index (χ2n) is 4.77. The third kappa shape index (κ3) is 3.76. The van der Waals surface area contributed by atoms with Crippen molar-refractivity contribution in [2.75, 3.05) is 5.73 Å². The fraction of sp³-hybridized carbons (Fsp3) is 0.333. The van der Waals surface area contributed by atoms with Crippen molar-refractivity contribution in [2.45, 2.75) is 32.4 Å². The molecule has 0 saturated heterocycles. The lowest BCUT2D eigenvalue weighted by molar-refractivity contribution is 0.473. The van der Waals surface area contributed by atoms with E-state index in [4.69, 9.17) is 5.73 Å². The van der Waals surface area contributed by atoms with E-state index in [1.54, 1.807) is 12.3 Å². The molecule has 1 heterocycles. The van der Waals surface area contributed by atoms with Crippen molar-refractivity contribution in [3.63, 3.8) is 0 Å². The molecule has 2 atom stereocenters. The zero-order chi connectivity index (χ0) is 13.7. The Morgan fingerprint density at radius 1 is 1.16 bits per heavy atom. The van der Waals surface area contributed by atoms with Gasteiger partial charge in [0.1, 0.15) is 11.6 Å². The molecule has 4 heteroatoms. The summed E-state index contributed by atoms with van der Waals surface area (Å²) in [6, 6.07) is 12.5. The summed E-state index contributed by atoms with van der Waals surface area (Å²) in [5, 5.41) is 3.44. The molecule has 0 radical (unpaired) electrons. The molecule has 0 saturated carbocycles. The van der Waals surface area contributed by atoms with E-state index in [0.29, 0.717) is 24.3 Å². The Labute approximate surface area is 114 Å². The lowest BCUT2D eigenvalue weighted by Gasteiger charge is -2.21. The van der Waals surface area contributed by atoms with Crippen LogP contribution in [0.15, 0.2) is 42.6 Å². The van der Waals surface area contributed by atoms with E-state index >= 15 is 0 Å². The van der Waals surface area contributed by atoms with Crippen LogP contribution in [-0.2, 0) is 6.54 Å². The van der Waals surface area contributed by atoms with Crippen LogP contribution in [0.4, 0.5) is 5.82 Å². The Balaban J connectivity index is 1.92. The van der Waals surface area contributed by atoms with Gasteiger partial charge in [0, 0.05) is 12.2 Å². The molecule has 2 aromatic rings. The summed E-state index contributed by atoms with van der Waals surface area (Å²) in [6.07, 6.45) is 1.69. The maximum absolute atomic E-state index is 5.64. The van der Waals surface area contributed by atoms with Crippen LogP contribution < -0.4 is 11.1 Å². The van der Waals surface area contributed by atoms with Crippen LogP contribution in [0.1, 0.15) is 31.2 Å². The molecule has 2 rings (SSSR count). The number of nitrogens with zero attached hydrogens (tertiary/aromatic N) is 2. The number of rotatable bonds is 5. The highest BCUT2D eigenvalue weighted by Gasteiger charge is 2.13. The quantitative estimate of drug-likeness (QED) is 0.862. The van der Waals surface area contributed by atoms with Crippen LogP contribution in [0.25, 0.3) is 0 Å². The van der Waals surface area contributed by atoms with E-state index in [0.717, 1.165) is 5.82 Å². The van der Waals surface area contributed by atoms with Crippen LogP contribution in [0.3, 0.4) is 0 Å². The molecular weight excluding hydrogens is 236 g/mol. The number of nitrogen functional groups attached to an aromatic ring is 1. The van der Waals surface area contributed by atoms with E-state index < -0.39 is 0 Å². The van der Waals surface area contributed by atoms with E-state index in [2.05, 4.69) is 53.4 Å². The first-order chi connectivity index (χ1) is 9.16. The molecule has 100 valence electrons. The number of hydrogen-bond acceptors (Lipinski definition) is 4. The van der Waals surface area contributed by atoms with Crippen LogP contribution in [-0.4, -0.2) is 16.0 Å². The molecule has 4 nitrogen and oxygen atoms in total. The second kappa shape index (κ2) is 6.29. The van der Waals surface area contributed by atoms with Crippen LogP contribution in [0, 0.1) is 0 Å². The second-order valence-corrected chi connectivity index (χ2v) is 4.77. The molecule has 0 bridgehead atoms. The van der Waals surface area contributed by atoms with Crippen molar-refractivity contribution in [3.05, 3.63) is 54.0 Å². The van der Waals surface area contributed by atoms with E-state index in [1.807, 2.05) is 6.07 Å². The maximum atomic E-state index is 5.64. The fourth-order valence-electron chi connectivity index (χ4n) is 1.97. The number of benzene rings is 1. The largest absolute Gasteiger partial charge is 0.384 e. The minimum absolute atomic E-state index is 0.340. The lowest BCUT2D eigenvalue weighted by Crippen LogP contribution is -2.31. The predicted molar refractivity (Wildman–Crippen MR) is 77.6 cm³/mol. The number of nitrogens with two attached hydrogens (primary N) is 1. The summed E-state index contributed by atoms with van der Waals surface area (Å²) >= 11 is 0. The molecule has 1 aromatic heterocycles. The van der Waals surface area contributed by atoms with E-state index in [-0.39, 0.29) is 0 Å². The SMILES string of the molecule is CC(NCc1nccc(N)n1)C(C)c1ccccc1. The molecule has 1 aromatic carbocycles. The van der Waals surface area contributed by atoms with Gasteiger partial charge in [-0.15, -0.1) is 0 Å². The number of nitrogens with one attached hydrogen (secondary N) is 1. The number of aromatic nitrogens is 2.